The van der Waals surface area contributed by atoms with Crippen LogP contribution in [0.3, 0.4) is 0 Å². The van der Waals surface area contributed by atoms with Gasteiger partial charge in [-0.25, -0.2) is 0 Å². The van der Waals surface area contributed by atoms with E-state index < -0.39 is 16.9 Å². The fraction of sp³-hybridized carbons (Fsp3) is 0.733. The zero-order valence-electron chi connectivity index (χ0n) is 22.8. The van der Waals surface area contributed by atoms with Gasteiger partial charge in [-0.1, -0.05) is 46.3 Å². The largest absolute Gasteiger partial charge is 0.472 e. The Kier molecular flexibility index (Phi) is 5.83. The van der Waals surface area contributed by atoms with Gasteiger partial charge in [-0.15, -0.1) is 0 Å². The van der Waals surface area contributed by atoms with Crippen molar-refractivity contribution in [2.45, 2.75) is 105 Å². The van der Waals surface area contributed by atoms with Crippen molar-refractivity contribution in [1.29, 1.82) is 0 Å². The lowest BCUT2D eigenvalue weighted by Crippen LogP contribution is -2.69. The zero-order valence-corrected chi connectivity index (χ0v) is 22.8. The zero-order chi connectivity index (χ0) is 26.3. The van der Waals surface area contributed by atoms with Gasteiger partial charge in [0.2, 0.25) is 0 Å². The Morgan fingerprint density at radius 3 is 2.28 bits per heavy atom. The van der Waals surface area contributed by atoms with E-state index in [0.717, 1.165) is 19.3 Å². The van der Waals surface area contributed by atoms with Crippen molar-refractivity contribution < 1.29 is 28.6 Å². The number of ether oxygens (including phenoxy) is 2. The summed E-state index contributed by atoms with van der Waals surface area (Å²) in [4.78, 5) is 24.4. The molecule has 0 amide bonds. The van der Waals surface area contributed by atoms with Crippen LogP contribution in [0.1, 0.15) is 92.1 Å². The van der Waals surface area contributed by atoms with E-state index in [1.54, 1.807) is 6.26 Å². The summed E-state index contributed by atoms with van der Waals surface area (Å²) in [5, 5.41) is 11.8. The predicted molar refractivity (Wildman–Crippen MR) is 135 cm³/mol. The second kappa shape index (κ2) is 8.21. The highest BCUT2D eigenvalue weighted by Crippen LogP contribution is 2.74. The highest BCUT2D eigenvalue weighted by atomic mass is 16.5. The fourth-order valence-electron chi connectivity index (χ4n) is 9.61. The molecule has 0 saturated heterocycles. The van der Waals surface area contributed by atoms with Crippen LogP contribution in [-0.2, 0) is 19.1 Å². The van der Waals surface area contributed by atoms with Crippen LogP contribution in [0.25, 0.3) is 0 Å². The summed E-state index contributed by atoms with van der Waals surface area (Å²) in [6.45, 7) is 14.1. The lowest BCUT2D eigenvalue weighted by molar-refractivity contribution is -0.257. The number of furan rings is 1. The van der Waals surface area contributed by atoms with Gasteiger partial charge < -0.3 is 19.0 Å². The van der Waals surface area contributed by atoms with Crippen LogP contribution in [0.2, 0.25) is 0 Å². The third kappa shape index (κ3) is 3.32. The molecule has 3 fully saturated rings. The highest BCUT2D eigenvalue weighted by molar-refractivity contribution is 5.67. The number of hydrogen-bond donors (Lipinski definition) is 1. The normalized spacial score (nSPS) is 45.1. The lowest BCUT2D eigenvalue weighted by atomic mass is 9.36. The van der Waals surface area contributed by atoms with E-state index in [-0.39, 0.29) is 46.8 Å². The van der Waals surface area contributed by atoms with Crippen LogP contribution < -0.4 is 0 Å². The lowest BCUT2D eigenvalue weighted by Gasteiger charge is -2.69. The highest BCUT2D eigenvalue weighted by Gasteiger charge is 2.71. The first kappa shape index (κ1) is 25.6. The van der Waals surface area contributed by atoms with E-state index in [9.17, 15) is 14.7 Å². The van der Waals surface area contributed by atoms with E-state index in [1.807, 2.05) is 6.26 Å². The summed E-state index contributed by atoms with van der Waals surface area (Å²) in [7, 11) is 0. The summed E-state index contributed by atoms with van der Waals surface area (Å²) in [5.41, 5.74) is 1.36. The molecule has 5 rings (SSSR count). The number of aliphatic hydroxyl groups is 1. The maximum absolute atomic E-state index is 12.5. The molecule has 9 unspecified atom stereocenters. The van der Waals surface area contributed by atoms with Gasteiger partial charge in [0.25, 0.3) is 0 Å². The van der Waals surface area contributed by atoms with Gasteiger partial charge in [-0.05, 0) is 60.5 Å². The van der Waals surface area contributed by atoms with Crippen LogP contribution in [0.5, 0.6) is 0 Å². The molecule has 0 bridgehead atoms. The van der Waals surface area contributed by atoms with Crippen molar-refractivity contribution in [2.24, 2.45) is 33.5 Å². The number of hydrogen-bond acceptors (Lipinski definition) is 6. The summed E-state index contributed by atoms with van der Waals surface area (Å²) in [6.07, 6.45) is 8.65. The van der Waals surface area contributed by atoms with Crippen molar-refractivity contribution in [3.05, 3.63) is 35.8 Å². The summed E-state index contributed by atoms with van der Waals surface area (Å²) >= 11 is 0. The summed E-state index contributed by atoms with van der Waals surface area (Å²) < 4.78 is 17.4. The van der Waals surface area contributed by atoms with Gasteiger partial charge in [-0.2, -0.15) is 0 Å². The predicted octanol–water partition coefficient (Wildman–Crippen LogP) is 5.80. The first-order valence-electron chi connectivity index (χ1n) is 13.5. The summed E-state index contributed by atoms with van der Waals surface area (Å²) in [5.74, 6) is -0.115. The van der Waals surface area contributed by atoms with E-state index in [4.69, 9.17) is 13.9 Å². The van der Waals surface area contributed by atoms with Crippen LogP contribution in [0.4, 0.5) is 0 Å². The van der Waals surface area contributed by atoms with Gasteiger partial charge in [0, 0.05) is 36.5 Å². The number of aliphatic hydroxyl groups excluding tert-OH is 1. The minimum absolute atomic E-state index is 0.0246. The molecule has 0 spiro atoms. The van der Waals surface area contributed by atoms with E-state index in [2.05, 4.69) is 46.8 Å². The number of allylic oxidation sites excluding steroid dienone is 1. The third-order valence-electron chi connectivity index (χ3n) is 11.3. The van der Waals surface area contributed by atoms with Crippen molar-refractivity contribution in [2.75, 3.05) is 0 Å². The molecular formula is C30H42O6. The Bertz CT molecular complexity index is 1070. The third-order valence-corrected chi connectivity index (χ3v) is 11.3. The number of carbonyl (C=O) groups excluding carboxylic acids is 2. The van der Waals surface area contributed by atoms with Crippen molar-refractivity contribution in [3.8, 4) is 0 Å². The average molecular weight is 499 g/mol. The minimum atomic E-state index is -0.612. The number of fused-ring (bicyclic) bond motifs is 5. The molecule has 1 aromatic rings. The standard InChI is InChI=1S/C30H42O6/c1-17(31)35-25-15-24(33)29(6)22-10-12-28(5)20(19-11-13-34-16-19)8-9-21(28)30(22,7)26(36-18(2)32)14-23(29)27(25,3)4/h9,11,13,16,20,22-26,33H,8,10,12,14-15H2,1-7H3. The van der Waals surface area contributed by atoms with Crippen LogP contribution in [0, 0.1) is 33.5 Å². The average Bonchev–Trinajstić information content (AvgIpc) is 3.41. The topological polar surface area (TPSA) is 86.0 Å². The number of rotatable bonds is 3. The molecule has 0 aromatic carbocycles. The Balaban J connectivity index is 1.61. The Hall–Kier alpha value is -2.08. The van der Waals surface area contributed by atoms with Gasteiger partial charge in [0.1, 0.15) is 12.2 Å². The molecule has 1 aromatic heterocycles. The van der Waals surface area contributed by atoms with E-state index >= 15 is 0 Å². The second-order valence-corrected chi connectivity index (χ2v) is 13.2. The quantitative estimate of drug-likeness (QED) is 0.419. The van der Waals surface area contributed by atoms with E-state index in [0.29, 0.717) is 18.8 Å². The Morgan fingerprint density at radius 2 is 1.67 bits per heavy atom. The fourth-order valence-corrected chi connectivity index (χ4v) is 9.61. The molecule has 6 nitrogen and oxygen atoms in total. The van der Waals surface area contributed by atoms with E-state index in [1.165, 1.54) is 25.0 Å². The van der Waals surface area contributed by atoms with Gasteiger partial charge in [0.15, 0.2) is 0 Å². The van der Waals surface area contributed by atoms with Crippen molar-refractivity contribution >= 4 is 11.9 Å². The van der Waals surface area contributed by atoms with Gasteiger partial charge in [0.05, 0.1) is 18.6 Å². The molecule has 4 aliphatic carbocycles. The Labute approximate surface area is 214 Å². The molecule has 9 atom stereocenters. The second-order valence-electron chi connectivity index (χ2n) is 13.2. The van der Waals surface area contributed by atoms with Crippen LogP contribution in [0.15, 0.2) is 34.7 Å². The molecule has 1 heterocycles. The molecule has 0 radical (unpaired) electrons. The maximum atomic E-state index is 12.5. The summed E-state index contributed by atoms with van der Waals surface area (Å²) in [6, 6.07) is 2.07. The number of esters is 2. The molecular weight excluding hydrogens is 456 g/mol. The van der Waals surface area contributed by atoms with Gasteiger partial charge >= 0.3 is 11.9 Å². The first-order valence-corrected chi connectivity index (χ1v) is 13.5. The van der Waals surface area contributed by atoms with Crippen molar-refractivity contribution in [3.63, 3.8) is 0 Å². The monoisotopic (exact) mass is 498 g/mol. The molecule has 0 aliphatic heterocycles. The molecule has 36 heavy (non-hydrogen) atoms. The Morgan fingerprint density at radius 1 is 1.00 bits per heavy atom. The molecule has 4 aliphatic rings. The molecule has 198 valence electrons. The molecule has 3 saturated carbocycles. The molecule has 1 N–H and O–H groups in total. The maximum Gasteiger partial charge on any atom is 0.302 e. The number of carbonyl (C=O) groups is 2. The van der Waals surface area contributed by atoms with Crippen LogP contribution >= 0.6 is 0 Å². The SMILES string of the molecule is CC(=O)OC1CC(O)C2(C)C(CC(OC(C)=O)C3(C)C4=CCC(c5ccoc5)C4(C)CCC32)C1(C)C. The van der Waals surface area contributed by atoms with Crippen LogP contribution in [-0.4, -0.2) is 35.4 Å². The van der Waals surface area contributed by atoms with Crippen molar-refractivity contribution in [1.82, 2.24) is 0 Å². The smallest absolute Gasteiger partial charge is 0.302 e. The minimum Gasteiger partial charge on any atom is -0.472 e. The molecule has 6 heteroatoms. The van der Waals surface area contributed by atoms with Gasteiger partial charge in [-0.3, -0.25) is 9.59 Å². The first-order chi connectivity index (χ1) is 16.8.